The zero-order valence-corrected chi connectivity index (χ0v) is 13.9. The fourth-order valence-electron chi connectivity index (χ4n) is 2.86. The third-order valence-electron chi connectivity index (χ3n) is 3.97. The van der Waals surface area contributed by atoms with Gasteiger partial charge in [0.25, 0.3) is 0 Å². The van der Waals surface area contributed by atoms with Gasteiger partial charge in [-0.05, 0) is 37.1 Å². The predicted octanol–water partition coefficient (Wildman–Crippen LogP) is 3.90. The Morgan fingerprint density at radius 2 is 1.96 bits per heavy atom. The second kappa shape index (κ2) is 7.32. The molecular weight excluding hydrogens is 300 g/mol. The summed E-state index contributed by atoms with van der Waals surface area (Å²) in [4.78, 5) is 4.53. The number of hydrogen-bond donors (Lipinski definition) is 1. The van der Waals surface area contributed by atoms with Gasteiger partial charge < -0.3 is 14.4 Å². The van der Waals surface area contributed by atoms with Gasteiger partial charge in [-0.25, -0.2) is 4.98 Å². The first-order chi connectivity index (χ1) is 11.7. The van der Waals surface area contributed by atoms with E-state index >= 15 is 0 Å². The summed E-state index contributed by atoms with van der Waals surface area (Å²) < 4.78 is 7.99. The summed E-state index contributed by atoms with van der Waals surface area (Å²) in [6.45, 7) is 6.66. The number of para-hydroxylation sites is 3. The summed E-state index contributed by atoms with van der Waals surface area (Å²) in [5.74, 6) is 1.54. The molecule has 1 heterocycles. The maximum absolute atomic E-state index is 10.0. The Morgan fingerprint density at radius 3 is 2.75 bits per heavy atom. The van der Waals surface area contributed by atoms with E-state index in [0.717, 1.165) is 28.8 Å². The topological polar surface area (TPSA) is 47.3 Å². The van der Waals surface area contributed by atoms with Crippen molar-refractivity contribution in [3.63, 3.8) is 0 Å². The third kappa shape index (κ3) is 3.34. The third-order valence-corrected chi connectivity index (χ3v) is 3.97. The maximum Gasteiger partial charge on any atom is 0.138 e. The number of imidazole rings is 1. The number of aliphatic hydroxyl groups is 1. The van der Waals surface area contributed by atoms with Crippen LogP contribution in [-0.4, -0.2) is 21.3 Å². The number of rotatable bonds is 7. The van der Waals surface area contributed by atoms with Gasteiger partial charge in [0.2, 0.25) is 0 Å². The van der Waals surface area contributed by atoms with E-state index in [9.17, 15) is 5.11 Å². The summed E-state index contributed by atoms with van der Waals surface area (Å²) in [5, 5.41) is 10.0. The van der Waals surface area contributed by atoms with E-state index in [2.05, 4.69) is 11.6 Å². The summed E-state index contributed by atoms with van der Waals surface area (Å²) in [6, 6.07) is 15.9. The highest BCUT2D eigenvalue weighted by Gasteiger charge is 2.14. The highest BCUT2D eigenvalue weighted by molar-refractivity contribution is 5.76. The summed E-state index contributed by atoms with van der Waals surface area (Å²) in [5.41, 5.74) is 3.02. The standard InChI is InChI=1S/C20H22N2O2/c1-3-8-16-9-4-7-12-19(16)24-14-13-22-18-11-6-5-10-17(18)21-20(22)15(2)23/h3-7,9-12,15,23H,1,8,13-14H2,2H3/t15-/m1/s1. The van der Waals surface area contributed by atoms with Crippen LogP contribution in [0.1, 0.15) is 24.4 Å². The fraction of sp³-hybridized carbons (Fsp3) is 0.250. The van der Waals surface area contributed by atoms with Crippen molar-refractivity contribution in [2.24, 2.45) is 0 Å². The first kappa shape index (κ1) is 16.3. The molecule has 124 valence electrons. The lowest BCUT2D eigenvalue weighted by atomic mass is 10.1. The van der Waals surface area contributed by atoms with E-state index in [1.807, 2.05) is 59.2 Å². The van der Waals surface area contributed by atoms with Crippen molar-refractivity contribution in [3.05, 3.63) is 72.6 Å². The monoisotopic (exact) mass is 322 g/mol. The van der Waals surface area contributed by atoms with Crippen LogP contribution < -0.4 is 4.74 Å². The summed E-state index contributed by atoms with van der Waals surface area (Å²) >= 11 is 0. The Labute approximate surface area is 142 Å². The first-order valence-electron chi connectivity index (χ1n) is 8.15. The molecule has 0 unspecified atom stereocenters. The molecule has 3 aromatic rings. The van der Waals surface area contributed by atoms with E-state index in [-0.39, 0.29) is 0 Å². The molecule has 0 bridgehead atoms. The Hall–Kier alpha value is -2.59. The maximum atomic E-state index is 10.0. The number of fused-ring (bicyclic) bond motifs is 1. The second-order valence-electron chi connectivity index (χ2n) is 5.74. The molecule has 3 rings (SSSR count). The molecule has 1 atom stereocenters. The normalized spacial score (nSPS) is 12.2. The summed E-state index contributed by atoms with van der Waals surface area (Å²) in [7, 11) is 0. The lowest BCUT2D eigenvalue weighted by molar-refractivity contribution is 0.181. The minimum atomic E-state index is -0.620. The molecule has 0 saturated heterocycles. The molecule has 1 aromatic heterocycles. The minimum absolute atomic E-state index is 0.508. The molecule has 0 radical (unpaired) electrons. The Kier molecular flexibility index (Phi) is 4.96. The van der Waals surface area contributed by atoms with Crippen LogP contribution in [0.2, 0.25) is 0 Å². The van der Waals surface area contributed by atoms with Gasteiger partial charge in [0.1, 0.15) is 24.3 Å². The molecule has 0 aliphatic carbocycles. The van der Waals surface area contributed by atoms with Crippen molar-refractivity contribution in [1.29, 1.82) is 0 Å². The van der Waals surface area contributed by atoms with E-state index < -0.39 is 6.10 Å². The van der Waals surface area contributed by atoms with Crippen LogP contribution in [-0.2, 0) is 13.0 Å². The molecule has 2 aromatic carbocycles. The van der Waals surface area contributed by atoms with Gasteiger partial charge in [-0.1, -0.05) is 36.4 Å². The Morgan fingerprint density at radius 1 is 1.21 bits per heavy atom. The molecular formula is C20H22N2O2. The predicted molar refractivity (Wildman–Crippen MR) is 96.2 cm³/mol. The molecule has 0 amide bonds. The van der Waals surface area contributed by atoms with Crippen LogP contribution in [0.3, 0.4) is 0 Å². The Bertz CT molecular complexity index is 837. The number of benzene rings is 2. The van der Waals surface area contributed by atoms with E-state index in [0.29, 0.717) is 19.0 Å². The van der Waals surface area contributed by atoms with Crippen LogP contribution >= 0.6 is 0 Å². The number of aliphatic hydroxyl groups excluding tert-OH is 1. The minimum Gasteiger partial charge on any atom is -0.491 e. The largest absolute Gasteiger partial charge is 0.491 e. The zero-order valence-electron chi connectivity index (χ0n) is 13.9. The van der Waals surface area contributed by atoms with Gasteiger partial charge in [-0.3, -0.25) is 0 Å². The van der Waals surface area contributed by atoms with Crippen molar-refractivity contribution < 1.29 is 9.84 Å². The molecule has 4 nitrogen and oxygen atoms in total. The van der Waals surface area contributed by atoms with Crippen LogP contribution in [0, 0.1) is 0 Å². The average molecular weight is 322 g/mol. The number of allylic oxidation sites excluding steroid dienone is 1. The lowest BCUT2D eigenvalue weighted by Crippen LogP contribution is -2.13. The highest BCUT2D eigenvalue weighted by atomic mass is 16.5. The van der Waals surface area contributed by atoms with E-state index in [1.54, 1.807) is 6.92 Å². The van der Waals surface area contributed by atoms with Gasteiger partial charge in [-0.2, -0.15) is 0 Å². The van der Waals surface area contributed by atoms with Gasteiger partial charge in [0, 0.05) is 0 Å². The van der Waals surface area contributed by atoms with E-state index in [1.165, 1.54) is 0 Å². The Balaban J connectivity index is 1.79. The zero-order chi connectivity index (χ0) is 16.9. The van der Waals surface area contributed by atoms with Crippen LogP contribution in [0.5, 0.6) is 5.75 Å². The van der Waals surface area contributed by atoms with Crippen molar-refractivity contribution in [1.82, 2.24) is 9.55 Å². The van der Waals surface area contributed by atoms with Crippen LogP contribution in [0.25, 0.3) is 11.0 Å². The number of hydrogen-bond acceptors (Lipinski definition) is 3. The van der Waals surface area contributed by atoms with Crippen LogP contribution in [0.4, 0.5) is 0 Å². The van der Waals surface area contributed by atoms with Crippen molar-refractivity contribution >= 4 is 11.0 Å². The number of ether oxygens (including phenoxy) is 1. The molecule has 0 fully saturated rings. The molecule has 0 aliphatic rings. The van der Waals surface area contributed by atoms with Gasteiger partial charge in [0.15, 0.2) is 0 Å². The molecule has 24 heavy (non-hydrogen) atoms. The van der Waals surface area contributed by atoms with Crippen molar-refractivity contribution in [2.45, 2.75) is 26.0 Å². The molecule has 1 N–H and O–H groups in total. The van der Waals surface area contributed by atoms with Gasteiger partial charge in [-0.15, -0.1) is 6.58 Å². The van der Waals surface area contributed by atoms with Crippen LogP contribution in [0.15, 0.2) is 61.2 Å². The quantitative estimate of drug-likeness (QED) is 0.671. The average Bonchev–Trinajstić information content (AvgIpc) is 2.96. The number of aromatic nitrogens is 2. The molecule has 0 spiro atoms. The van der Waals surface area contributed by atoms with Crippen molar-refractivity contribution in [3.8, 4) is 5.75 Å². The molecule has 4 heteroatoms. The smallest absolute Gasteiger partial charge is 0.138 e. The first-order valence-corrected chi connectivity index (χ1v) is 8.15. The SMILES string of the molecule is C=CCc1ccccc1OCCn1c([C@@H](C)O)nc2ccccc21. The van der Waals surface area contributed by atoms with Crippen molar-refractivity contribution in [2.75, 3.05) is 6.61 Å². The highest BCUT2D eigenvalue weighted by Crippen LogP contribution is 2.22. The lowest BCUT2D eigenvalue weighted by Gasteiger charge is -2.13. The van der Waals surface area contributed by atoms with Gasteiger partial charge >= 0.3 is 0 Å². The number of nitrogens with zero attached hydrogens (tertiary/aromatic N) is 2. The fourth-order valence-corrected chi connectivity index (χ4v) is 2.86. The molecule has 0 aliphatic heterocycles. The summed E-state index contributed by atoms with van der Waals surface area (Å²) in [6.07, 6.45) is 2.03. The van der Waals surface area contributed by atoms with E-state index in [4.69, 9.17) is 4.74 Å². The van der Waals surface area contributed by atoms with Gasteiger partial charge in [0.05, 0.1) is 17.6 Å². The molecule has 0 saturated carbocycles. The second-order valence-corrected chi connectivity index (χ2v) is 5.74.